The number of rotatable bonds is 4. The van der Waals surface area contributed by atoms with Gasteiger partial charge < -0.3 is 14.2 Å². The molecule has 4 atom stereocenters. The van der Waals surface area contributed by atoms with Crippen LogP contribution in [0.2, 0.25) is 0 Å². The molecule has 1 aliphatic heterocycles. The lowest BCUT2D eigenvalue weighted by Gasteiger charge is -2.19. The first kappa shape index (κ1) is 16.5. The van der Waals surface area contributed by atoms with Crippen molar-refractivity contribution in [1.29, 1.82) is 0 Å². The van der Waals surface area contributed by atoms with Crippen molar-refractivity contribution in [2.75, 3.05) is 0 Å². The molecule has 0 aromatic carbocycles. The minimum atomic E-state index is -0.479. The van der Waals surface area contributed by atoms with E-state index in [0.717, 1.165) is 0 Å². The van der Waals surface area contributed by atoms with Crippen LogP contribution in [-0.4, -0.2) is 36.2 Å². The van der Waals surface area contributed by atoms with Gasteiger partial charge in [0.15, 0.2) is 0 Å². The average molecular weight is 286 g/mol. The van der Waals surface area contributed by atoms with E-state index in [-0.39, 0.29) is 24.1 Å². The monoisotopic (exact) mass is 286 g/mol. The first-order valence-electron chi connectivity index (χ1n) is 6.84. The fourth-order valence-electron chi connectivity index (χ4n) is 2.32. The van der Waals surface area contributed by atoms with Crippen molar-refractivity contribution >= 4 is 17.9 Å². The third-order valence-electron chi connectivity index (χ3n) is 3.26. The first-order valence-corrected chi connectivity index (χ1v) is 6.84. The summed E-state index contributed by atoms with van der Waals surface area (Å²) in [4.78, 5) is 33.8. The van der Waals surface area contributed by atoms with Gasteiger partial charge in [0.25, 0.3) is 0 Å². The summed E-state index contributed by atoms with van der Waals surface area (Å²) in [5.41, 5.74) is 0. The van der Waals surface area contributed by atoms with Crippen molar-refractivity contribution in [3.8, 4) is 0 Å². The molecule has 0 spiro atoms. The van der Waals surface area contributed by atoms with Crippen molar-refractivity contribution in [2.24, 2.45) is 5.92 Å². The fraction of sp³-hybridized carbons (Fsp3) is 0.786. The van der Waals surface area contributed by atoms with Crippen LogP contribution in [0.5, 0.6) is 0 Å². The minimum Gasteiger partial charge on any atom is -0.463 e. The minimum absolute atomic E-state index is 0.314. The summed E-state index contributed by atoms with van der Waals surface area (Å²) in [6.45, 7) is 6.11. The van der Waals surface area contributed by atoms with E-state index in [4.69, 9.17) is 14.2 Å². The van der Waals surface area contributed by atoms with E-state index in [1.54, 1.807) is 13.8 Å². The van der Waals surface area contributed by atoms with Crippen molar-refractivity contribution in [2.45, 2.75) is 65.3 Å². The third kappa shape index (κ3) is 5.19. The second-order valence-corrected chi connectivity index (χ2v) is 5.23. The van der Waals surface area contributed by atoms with E-state index in [1.807, 2.05) is 0 Å². The molecule has 0 aromatic heterocycles. The summed E-state index contributed by atoms with van der Waals surface area (Å²) in [5, 5.41) is 0. The van der Waals surface area contributed by atoms with Gasteiger partial charge in [0.2, 0.25) is 0 Å². The summed E-state index contributed by atoms with van der Waals surface area (Å²) >= 11 is 0. The first-order chi connectivity index (χ1) is 9.29. The van der Waals surface area contributed by atoms with Crippen LogP contribution in [0.3, 0.4) is 0 Å². The molecule has 1 rings (SSSR count). The smallest absolute Gasteiger partial charge is 0.312 e. The molecule has 0 aromatic rings. The van der Waals surface area contributed by atoms with Crippen LogP contribution in [0.4, 0.5) is 0 Å². The topological polar surface area (TPSA) is 78.9 Å². The Morgan fingerprint density at radius 2 is 1.95 bits per heavy atom. The zero-order valence-electron chi connectivity index (χ0n) is 12.4. The molecule has 0 unspecified atom stereocenters. The molecule has 20 heavy (non-hydrogen) atoms. The number of esters is 3. The molecule has 0 saturated carbocycles. The van der Waals surface area contributed by atoms with E-state index in [1.165, 1.54) is 13.8 Å². The lowest BCUT2D eigenvalue weighted by atomic mass is 9.99. The maximum absolute atomic E-state index is 11.9. The van der Waals surface area contributed by atoms with Gasteiger partial charge in [-0.1, -0.05) is 0 Å². The van der Waals surface area contributed by atoms with Crippen LogP contribution >= 0.6 is 0 Å². The molecule has 114 valence electrons. The molecule has 6 heteroatoms. The summed E-state index contributed by atoms with van der Waals surface area (Å²) in [5.74, 6) is -1.62. The predicted octanol–water partition coefficient (Wildman–Crippen LogP) is 1.60. The third-order valence-corrected chi connectivity index (χ3v) is 3.26. The molecule has 1 saturated heterocycles. The second kappa shape index (κ2) is 7.26. The number of carbonyl (C=O) groups excluding carboxylic acids is 3. The molecule has 0 radical (unpaired) electrons. The van der Waals surface area contributed by atoms with Gasteiger partial charge in [0.05, 0.1) is 5.92 Å². The highest BCUT2D eigenvalue weighted by molar-refractivity contribution is 5.74. The van der Waals surface area contributed by atoms with E-state index in [2.05, 4.69) is 0 Å². The standard InChI is InChI=1S/C14H22O6/c1-8(18-10(3)15)7-12-5-6-13(19-11(4)16)9(2)14(17)20-12/h8-9,12-13H,5-7H2,1-4H3/t8-,9+,12-,13-/m0/s1. The number of carbonyl (C=O) groups is 3. The van der Waals surface area contributed by atoms with E-state index in [0.29, 0.717) is 19.3 Å². The lowest BCUT2D eigenvalue weighted by molar-refractivity contribution is -0.160. The number of hydrogen-bond acceptors (Lipinski definition) is 6. The summed E-state index contributed by atoms with van der Waals surface area (Å²) in [6.07, 6.45) is 0.508. The molecule has 0 aliphatic carbocycles. The SMILES string of the molecule is CC(=O)O[C@H]1CC[C@@H](C[C@H](C)OC(C)=O)OC(=O)[C@@H]1C. The Kier molecular flexibility index (Phi) is 5.98. The van der Waals surface area contributed by atoms with Gasteiger partial charge in [0, 0.05) is 20.3 Å². The molecule has 1 heterocycles. The van der Waals surface area contributed by atoms with E-state index >= 15 is 0 Å². The highest BCUT2D eigenvalue weighted by Gasteiger charge is 2.34. The largest absolute Gasteiger partial charge is 0.463 e. The van der Waals surface area contributed by atoms with Crippen LogP contribution in [-0.2, 0) is 28.6 Å². The quantitative estimate of drug-likeness (QED) is 0.577. The van der Waals surface area contributed by atoms with Gasteiger partial charge in [-0.3, -0.25) is 14.4 Å². The van der Waals surface area contributed by atoms with Crippen molar-refractivity contribution in [1.82, 2.24) is 0 Å². The van der Waals surface area contributed by atoms with Gasteiger partial charge in [-0.2, -0.15) is 0 Å². The highest BCUT2D eigenvalue weighted by Crippen LogP contribution is 2.25. The van der Waals surface area contributed by atoms with E-state index in [9.17, 15) is 14.4 Å². The predicted molar refractivity (Wildman–Crippen MR) is 69.7 cm³/mol. The number of ether oxygens (including phenoxy) is 3. The highest BCUT2D eigenvalue weighted by atomic mass is 16.6. The summed E-state index contributed by atoms with van der Waals surface area (Å²) in [6, 6.07) is 0. The van der Waals surface area contributed by atoms with Gasteiger partial charge in [-0.15, -0.1) is 0 Å². The van der Waals surface area contributed by atoms with Gasteiger partial charge in [-0.05, 0) is 26.7 Å². The Balaban J connectivity index is 2.59. The Morgan fingerprint density at radius 1 is 1.30 bits per heavy atom. The molecule has 6 nitrogen and oxygen atoms in total. The lowest BCUT2D eigenvalue weighted by Crippen LogP contribution is -2.29. The maximum Gasteiger partial charge on any atom is 0.312 e. The number of hydrogen-bond donors (Lipinski definition) is 0. The van der Waals surface area contributed by atoms with Crippen LogP contribution in [0.25, 0.3) is 0 Å². The zero-order chi connectivity index (χ0) is 15.3. The molecule has 0 N–H and O–H groups in total. The van der Waals surface area contributed by atoms with Crippen LogP contribution in [0.1, 0.15) is 47.0 Å². The van der Waals surface area contributed by atoms with Crippen LogP contribution < -0.4 is 0 Å². The molecular formula is C14H22O6. The zero-order valence-corrected chi connectivity index (χ0v) is 12.4. The normalized spacial score (nSPS) is 28.0. The Morgan fingerprint density at radius 3 is 2.50 bits per heavy atom. The van der Waals surface area contributed by atoms with Crippen molar-refractivity contribution in [3.63, 3.8) is 0 Å². The molecule has 1 aliphatic rings. The Hall–Kier alpha value is -1.59. The van der Waals surface area contributed by atoms with Gasteiger partial charge in [0.1, 0.15) is 18.3 Å². The van der Waals surface area contributed by atoms with Crippen molar-refractivity contribution < 1.29 is 28.6 Å². The Bertz CT molecular complexity index is 378. The fourth-order valence-corrected chi connectivity index (χ4v) is 2.32. The number of cyclic esters (lactones) is 1. The maximum atomic E-state index is 11.9. The molecular weight excluding hydrogens is 264 g/mol. The van der Waals surface area contributed by atoms with Gasteiger partial charge in [-0.25, -0.2) is 0 Å². The summed E-state index contributed by atoms with van der Waals surface area (Å²) < 4.78 is 15.5. The van der Waals surface area contributed by atoms with E-state index < -0.39 is 18.0 Å². The van der Waals surface area contributed by atoms with Crippen molar-refractivity contribution in [3.05, 3.63) is 0 Å². The average Bonchev–Trinajstić information content (AvgIpc) is 2.41. The second-order valence-electron chi connectivity index (χ2n) is 5.23. The van der Waals surface area contributed by atoms with Crippen LogP contribution in [0.15, 0.2) is 0 Å². The summed E-state index contributed by atoms with van der Waals surface area (Å²) in [7, 11) is 0. The van der Waals surface area contributed by atoms with Crippen LogP contribution in [0, 0.1) is 5.92 Å². The van der Waals surface area contributed by atoms with Gasteiger partial charge >= 0.3 is 17.9 Å². The molecule has 0 amide bonds. The Labute approximate surface area is 118 Å². The molecule has 0 bridgehead atoms. The molecule has 1 fully saturated rings.